The molecule has 4 aliphatic rings. The van der Waals surface area contributed by atoms with Crippen molar-refractivity contribution in [3.05, 3.63) is 93.1 Å². The van der Waals surface area contributed by atoms with Gasteiger partial charge in [-0.15, -0.1) is 0 Å². The highest BCUT2D eigenvalue weighted by atomic mass is 16.6. The largest absolute Gasteiger partial charge is 0.454 e. The van der Waals surface area contributed by atoms with Gasteiger partial charge in [-0.3, -0.25) is 14.9 Å². The summed E-state index contributed by atoms with van der Waals surface area (Å²) < 4.78 is 5.47. The van der Waals surface area contributed by atoms with Gasteiger partial charge in [-0.2, -0.15) is 0 Å². The Kier molecular flexibility index (Phi) is 4.86. The van der Waals surface area contributed by atoms with Gasteiger partial charge in [0.15, 0.2) is 12.4 Å². The van der Waals surface area contributed by atoms with E-state index in [-0.39, 0.29) is 17.2 Å². The third kappa shape index (κ3) is 3.26. The number of Topliss-reactive ketones (excluding diaryl/α,β-unsaturated/α-hetero) is 1. The highest BCUT2D eigenvalue weighted by Gasteiger charge is 2.44. The summed E-state index contributed by atoms with van der Waals surface area (Å²) in [6.07, 6.45) is 11.1. The molecule has 34 heavy (non-hydrogen) atoms. The molecule has 0 aromatic heterocycles. The van der Waals surface area contributed by atoms with Crippen LogP contribution in [0.2, 0.25) is 0 Å². The standard InChI is InChI=1S/C27H24N2O5/c30-24(16-7-9-19(10-8-16)29(32)33)15-34-27(31)23-12-11-22-20-5-1-3-17(20)13-28-14-18-4-2-6-21(18)25(23)26(22)28/h1-2,5-12,17-18,20-21H,3-4,13-15H2/t17-,18-,20+,21+/m1/s1. The minimum atomic E-state index is -0.520. The number of nitro groups is 1. The fourth-order valence-corrected chi connectivity index (χ4v) is 6.12. The van der Waals surface area contributed by atoms with Crippen LogP contribution in [-0.4, -0.2) is 36.4 Å². The van der Waals surface area contributed by atoms with Crippen LogP contribution in [0.1, 0.15) is 56.5 Å². The number of carbonyl (C=O) groups excluding carboxylic acids is 2. The van der Waals surface area contributed by atoms with Crippen LogP contribution >= 0.6 is 0 Å². The molecular weight excluding hydrogens is 432 g/mol. The quantitative estimate of drug-likeness (QED) is 0.211. The molecule has 0 saturated carbocycles. The Bertz CT molecular complexity index is 1260. The van der Waals surface area contributed by atoms with E-state index in [9.17, 15) is 19.7 Å². The molecule has 0 saturated heterocycles. The van der Waals surface area contributed by atoms with Crippen LogP contribution in [0.3, 0.4) is 0 Å². The maximum atomic E-state index is 13.2. The second-order valence-corrected chi connectivity index (χ2v) is 9.57. The Balaban J connectivity index is 1.28. The highest BCUT2D eigenvalue weighted by molar-refractivity contribution is 6.00. The van der Waals surface area contributed by atoms with E-state index in [4.69, 9.17) is 4.74 Å². The number of rotatable bonds is 5. The van der Waals surface area contributed by atoms with Gasteiger partial charge in [-0.05, 0) is 54.0 Å². The van der Waals surface area contributed by atoms with Crippen LogP contribution in [0.25, 0.3) is 0 Å². The smallest absolute Gasteiger partial charge is 0.338 e. The number of nitro benzene ring substituents is 1. The number of allylic oxidation sites excluding steroid dienone is 4. The second-order valence-electron chi connectivity index (χ2n) is 9.57. The van der Waals surface area contributed by atoms with Crippen molar-refractivity contribution < 1.29 is 19.2 Å². The molecule has 2 aliphatic heterocycles. The molecular formula is C27H24N2O5. The molecule has 0 unspecified atom stereocenters. The first-order valence-corrected chi connectivity index (χ1v) is 11.7. The molecule has 0 amide bonds. The molecule has 6 rings (SSSR count). The summed E-state index contributed by atoms with van der Waals surface area (Å²) in [5, 5.41) is 10.8. The Labute approximate surface area is 196 Å². The molecule has 0 radical (unpaired) electrons. The zero-order valence-electron chi connectivity index (χ0n) is 18.6. The van der Waals surface area contributed by atoms with Crippen molar-refractivity contribution in [3.8, 4) is 0 Å². The summed E-state index contributed by atoms with van der Waals surface area (Å²) in [6.45, 7) is 1.59. The molecule has 172 valence electrons. The maximum absolute atomic E-state index is 13.2. The topological polar surface area (TPSA) is 89.8 Å². The van der Waals surface area contributed by atoms with Crippen molar-refractivity contribution >= 4 is 23.1 Å². The number of ketones is 1. The summed E-state index contributed by atoms with van der Waals surface area (Å²) in [7, 11) is 0. The molecule has 7 heteroatoms. The lowest BCUT2D eigenvalue weighted by Gasteiger charge is -2.46. The Morgan fingerprint density at radius 3 is 2.35 bits per heavy atom. The summed E-state index contributed by atoms with van der Waals surface area (Å²) in [5.41, 5.74) is 4.21. The van der Waals surface area contributed by atoms with Gasteiger partial charge in [0, 0.05) is 48.3 Å². The maximum Gasteiger partial charge on any atom is 0.338 e. The lowest BCUT2D eigenvalue weighted by molar-refractivity contribution is -0.384. The molecule has 2 heterocycles. The number of hydrogen-bond acceptors (Lipinski definition) is 6. The van der Waals surface area contributed by atoms with Gasteiger partial charge in [0.1, 0.15) is 0 Å². The normalized spacial score (nSPS) is 25.5. The van der Waals surface area contributed by atoms with E-state index < -0.39 is 23.3 Å². The van der Waals surface area contributed by atoms with Crippen molar-refractivity contribution in [2.75, 3.05) is 24.6 Å². The minimum Gasteiger partial charge on any atom is -0.454 e. The van der Waals surface area contributed by atoms with Gasteiger partial charge in [0.2, 0.25) is 0 Å². The van der Waals surface area contributed by atoms with E-state index >= 15 is 0 Å². The average molecular weight is 456 g/mol. The highest BCUT2D eigenvalue weighted by Crippen LogP contribution is 2.53. The van der Waals surface area contributed by atoms with E-state index in [1.807, 2.05) is 6.07 Å². The van der Waals surface area contributed by atoms with Crippen LogP contribution in [0.15, 0.2) is 60.7 Å². The zero-order chi connectivity index (χ0) is 23.4. The predicted molar refractivity (Wildman–Crippen MR) is 126 cm³/mol. The van der Waals surface area contributed by atoms with Crippen molar-refractivity contribution in [3.63, 3.8) is 0 Å². The van der Waals surface area contributed by atoms with E-state index in [2.05, 4.69) is 35.3 Å². The summed E-state index contributed by atoms with van der Waals surface area (Å²) >= 11 is 0. The van der Waals surface area contributed by atoms with Crippen LogP contribution < -0.4 is 4.90 Å². The molecule has 7 nitrogen and oxygen atoms in total. The van der Waals surface area contributed by atoms with Crippen LogP contribution in [0.5, 0.6) is 0 Å². The van der Waals surface area contributed by atoms with Gasteiger partial charge in [0.25, 0.3) is 5.69 Å². The van der Waals surface area contributed by atoms with Crippen LogP contribution in [0.4, 0.5) is 11.4 Å². The van der Waals surface area contributed by atoms with Crippen molar-refractivity contribution in [1.82, 2.24) is 0 Å². The van der Waals surface area contributed by atoms with Gasteiger partial charge in [0.05, 0.1) is 10.5 Å². The number of fused-ring (bicyclic) bond motifs is 4. The van der Waals surface area contributed by atoms with Crippen molar-refractivity contribution in [2.45, 2.75) is 24.7 Å². The van der Waals surface area contributed by atoms with Gasteiger partial charge < -0.3 is 9.64 Å². The monoisotopic (exact) mass is 456 g/mol. The van der Waals surface area contributed by atoms with Gasteiger partial charge in [-0.1, -0.05) is 30.4 Å². The molecule has 0 N–H and O–H groups in total. The van der Waals surface area contributed by atoms with E-state index in [0.717, 1.165) is 31.5 Å². The van der Waals surface area contributed by atoms with Gasteiger partial charge >= 0.3 is 5.97 Å². The van der Waals surface area contributed by atoms with E-state index in [1.54, 1.807) is 0 Å². The fraction of sp³-hybridized carbons (Fsp3) is 0.333. The van der Waals surface area contributed by atoms with Gasteiger partial charge in [-0.25, -0.2) is 4.79 Å². The zero-order valence-corrected chi connectivity index (χ0v) is 18.6. The Morgan fingerprint density at radius 1 is 0.971 bits per heavy atom. The minimum absolute atomic E-state index is 0.0928. The number of hydrogen-bond donors (Lipinski definition) is 0. The first kappa shape index (κ1) is 20.8. The second kappa shape index (κ2) is 7.94. The van der Waals surface area contributed by atoms with Crippen molar-refractivity contribution in [1.29, 1.82) is 0 Å². The molecule has 2 aromatic rings. The molecule has 0 fully saturated rings. The first-order chi connectivity index (χ1) is 16.5. The van der Waals surface area contributed by atoms with Crippen LogP contribution in [-0.2, 0) is 4.74 Å². The lowest BCUT2D eigenvalue weighted by atomic mass is 9.73. The molecule has 0 bridgehead atoms. The Hall–Kier alpha value is -3.74. The molecule has 0 spiro atoms. The number of carbonyl (C=O) groups is 2. The SMILES string of the molecule is O=C(COC(=O)c1ccc2c3c1[C@H]1C=CC[C@@H]1CN3C[C@H]1CC=C[C@H]21)c1ccc([N+](=O)[O-])cc1. The first-order valence-electron chi connectivity index (χ1n) is 11.7. The average Bonchev–Trinajstić information content (AvgIpc) is 3.52. The fourth-order valence-electron chi connectivity index (χ4n) is 6.12. The predicted octanol–water partition coefficient (Wildman–Crippen LogP) is 4.79. The van der Waals surface area contributed by atoms with E-state index in [1.165, 1.54) is 35.5 Å². The Morgan fingerprint density at radius 2 is 1.65 bits per heavy atom. The third-order valence-electron chi connectivity index (χ3n) is 7.70. The molecule has 4 atom stereocenters. The number of non-ortho nitro benzene ring substituents is 1. The van der Waals surface area contributed by atoms with E-state index in [0.29, 0.717) is 23.3 Å². The molecule has 2 aliphatic carbocycles. The number of benzene rings is 2. The van der Waals surface area contributed by atoms with Crippen LogP contribution in [0, 0.1) is 22.0 Å². The lowest BCUT2D eigenvalue weighted by Crippen LogP contribution is -2.44. The molecule has 2 aromatic carbocycles. The summed E-state index contributed by atoms with van der Waals surface area (Å²) in [5.74, 6) is 0.708. The summed E-state index contributed by atoms with van der Waals surface area (Å²) in [6, 6.07) is 9.24. The third-order valence-corrected chi connectivity index (χ3v) is 7.70. The number of ether oxygens (including phenoxy) is 1. The summed E-state index contributed by atoms with van der Waals surface area (Å²) in [4.78, 5) is 38.5. The van der Waals surface area contributed by atoms with Crippen molar-refractivity contribution in [2.24, 2.45) is 11.8 Å². The number of anilines is 1. The number of esters is 1. The number of nitrogens with zero attached hydrogens (tertiary/aromatic N) is 2.